The topological polar surface area (TPSA) is 107 Å². The summed E-state index contributed by atoms with van der Waals surface area (Å²) in [5.41, 5.74) is 4.46. The molecular weight excluding hydrogens is 208 g/mol. The summed E-state index contributed by atoms with van der Waals surface area (Å²) in [6.07, 6.45) is 0.827. The van der Waals surface area contributed by atoms with Crippen molar-refractivity contribution >= 4 is 11.4 Å². The second-order valence-corrected chi connectivity index (χ2v) is 3.23. The van der Waals surface area contributed by atoms with Crippen LogP contribution in [0.25, 0.3) is 0 Å². The molecule has 0 aliphatic heterocycles. The Kier molecular flexibility index (Phi) is 4.24. The highest BCUT2D eigenvalue weighted by Gasteiger charge is 2.13. The van der Waals surface area contributed by atoms with Crippen molar-refractivity contribution in [1.29, 1.82) is 5.26 Å². The van der Waals surface area contributed by atoms with Crippen LogP contribution in [0.15, 0.2) is 18.2 Å². The molecule has 16 heavy (non-hydrogen) atoms. The molecule has 0 radical (unpaired) electrons. The van der Waals surface area contributed by atoms with E-state index in [1.54, 1.807) is 0 Å². The lowest BCUT2D eigenvalue weighted by Crippen LogP contribution is -2.50. The minimum atomic E-state index is -0.465. The molecule has 84 valence electrons. The fraction of sp³-hybridized carbons (Fsp3) is 0.300. The number of hydrogen-bond acceptors (Lipinski definition) is 4. The van der Waals surface area contributed by atoms with Gasteiger partial charge in [0.25, 0.3) is 5.69 Å². The van der Waals surface area contributed by atoms with Crippen LogP contribution in [0.2, 0.25) is 0 Å². The SMILES string of the molecule is N#Cc1ccc([N+](=O)[O-])c(NCCC[NH3+])c1. The van der Waals surface area contributed by atoms with E-state index in [4.69, 9.17) is 5.26 Å². The molecule has 4 N–H and O–H groups in total. The number of quaternary nitrogens is 1. The Bertz CT molecular complexity index is 425. The lowest BCUT2D eigenvalue weighted by atomic mass is 10.2. The van der Waals surface area contributed by atoms with Crippen molar-refractivity contribution < 1.29 is 10.7 Å². The van der Waals surface area contributed by atoms with Crippen LogP contribution in [0.4, 0.5) is 11.4 Å². The Balaban J connectivity index is 2.92. The normalized spacial score (nSPS) is 9.50. The van der Waals surface area contributed by atoms with Crippen molar-refractivity contribution in [3.05, 3.63) is 33.9 Å². The second-order valence-electron chi connectivity index (χ2n) is 3.23. The first-order chi connectivity index (χ1) is 7.69. The van der Waals surface area contributed by atoms with Crippen LogP contribution in [0.3, 0.4) is 0 Å². The van der Waals surface area contributed by atoms with Crippen LogP contribution in [0, 0.1) is 21.4 Å². The van der Waals surface area contributed by atoms with Crippen molar-refractivity contribution in [3.8, 4) is 6.07 Å². The van der Waals surface area contributed by atoms with Crippen molar-refractivity contribution in [2.75, 3.05) is 18.4 Å². The Labute approximate surface area is 92.8 Å². The molecule has 6 nitrogen and oxygen atoms in total. The first-order valence-electron chi connectivity index (χ1n) is 4.90. The highest BCUT2D eigenvalue weighted by Crippen LogP contribution is 2.24. The number of anilines is 1. The zero-order valence-electron chi connectivity index (χ0n) is 8.77. The first kappa shape index (κ1) is 11.9. The predicted molar refractivity (Wildman–Crippen MR) is 58.7 cm³/mol. The number of nitro groups is 1. The molecule has 0 bridgehead atoms. The Hall–Kier alpha value is -2.13. The van der Waals surface area contributed by atoms with Gasteiger partial charge in [-0.05, 0) is 12.1 Å². The van der Waals surface area contributed by atoms with Gasteiger partial charge in [0.2, 0.25) is 0 Å². The minimum Gasteiger partial charge on any atom is -0.379 e. The van der Waals surface area contributed by atoms with Crippen LogP contribution in [-0.4, -0.2) is 18.0 Å². The third-order valence-corrected chi connectivity index (χ3v) is 2.06. The second kappa shape index (κ2) is 5.68. The summed E-state index contributed by atoms with van der Waals surface area (Å²) in [6, 6.07) is 6.21. The van der Waals surface area contributed by atoms with Gasteiger partial charge in [-0.2, -0.15) is 5.26 Å². The van der Waals surface area contributed by atoms with E-state index in [0.717, 1.165) is 13.0 Å². The van der Waals surface area contributed by atoms with Crippen LogP contribution in [-0.2, 0) is 0 Å². The van der Waals surface area contributed by atoms with Gasteiger partial charge in [-0.1, -0.05) is 0 Å². The molecule has 0 atom stereocenters. The highest BCUT2D eigenvalue weighted by atomic mass is 16.6. The summed E-state index contributed by atoms with van der Waals surface area (Å²) in [7, 11) is 0. The fourth-order valence-electron chi connectivity index (χ4n) is 1.25. The molecule has 0 saturated heterocycles. The Morgan fingerprint density at radius 3 is 2.88 bits per heavy atom. The van der Waals surface area contributed by atoms with E-state index >= 15 is 0 Å². The van der Waals surface area contributed by atoms with Gasteiger partial charge < -0.3 is 11.1 Å². The van der Waals surface area contributed by atoms with E-state index in [0.29, 0.717) is 17.8 Å². The number of hydrogen-bond donors (Lipinski definition) is 2. The summed E-state index contributed by atoms with van der Waals surface area (Å²) < 4.78 is 0. The van der Waals surface area contributed by atoms with Gasteiger partial charge in [-0.25, -0.2) is 0 Å². The molecule has 1 rings (SSSR count). The Morgan fingerprint density at radius 1 is 1.56 bits per heavy atom. The lowest BCUT2D eigenvalue weighted by molar-refractivity contribution is -0.384. The van der Waals surface area contributed by atoms with Crippen molar-refractivity contribution in [1.82, 2.24) is 0 Å². The van der Waals surface area contributed by atoms with E-state index < -0.39 is 4.92 Å². The van der Waals surface area contributed by atoms with Gasteiger partial charge in [0, 0.05) is 19.0 Å². The molecule has 0 aliphatic rings. The maximum atomic E-state index is 10.7. The van der Waals surface area contributed by atoms with Crippen LogP contribution in [0.5, 0.6) is 0 Å². The maximum Gasteiger partial charge on any atom is 0.292 e. The molecule has 1 aromatic carbocycles. The molecule has 0 spiro atoms. The Morgan fingerprint density at radius 2 is 2.31 bits per heavy atom. The van der Waals surface area contributed by atoms with Crippen molar-refractivity contribution in [2.24, 2.45) is 0 Å². The highest BCUT2D eigenvalue weighted by molar-refractivity contribution is 5.64. The first-order valence-corrected chi connectivity index (χ1v) is 4.90. The molecular formula is C10H13N4O2+. The number of nitrogens with one attached hydrogen (secondary N) is 1. The average Bonchev–Trinajstić information content (AvgIpc) is 2.29. The van der Waals surface area contributed by atoms with E-state index in [9.17, 15) is 10.1 Å². The summed E-state index contributed by atoms with van der Waals surface area (Å²) >= 11 is 0. The number of nitrogens with zero attached hydrogens (tertiary/aromatic N) is 2. The number of nitro benzene ring substituents is 1. The number of nitriles is 1. The van der Waals surface area contributed by atoms with Crippen LogP contribution >= 0.6 is 0 Å². The summed E-state index contributed by atoms with van der Waals surface area (Å²) in [4.78, 5) is 10.3. The van der Waals surface area contributed by atoms with E-state index in [1.807, 2.05) is 6.07 Å². The van der Waals surface area contributed by atoms with E-state index in [-0.39, 0.29) is 5.69 Å². The summed E-state index contributed by atoms with van der Waals surface area (Å²) in [5.74, 6) is 0. The summed E-state index contributed by atoms with van der Waals surface area (Å²) in [5, 5.41) is 22.4. The third-order valence-electron chi connectivity index (χ3n) is 2.06. The zero-order valence-corrected chi connectivity index (χ0v) is 8.77. The van der Waals surface area contributed by atoms with Crippen LogP contribution in [0.1, 0.15) is 12.0 Å². The largest absolute Gasteiger partial charge is 0.379 e. The number of benzene rings is 1. The molecule has 0 saturated carbocycles. The smallest absolute Gasteiger partial charge is 0.292 e. The van der Waals surface area contributed by atoms with Gasteiger partial charge in [0.15, 0.2) is 0 Å². The molecule has 6 heteroatoms. The minimum absolute atomic E-state index is 0.0111. The van der Waals surface area contributed by atoms with Gasteiger partial charge in [0.1, 0.15) is 5.69 Å². The monoisotopic (exact) mass is 221 g/mol. The molecule has 0 aliphatic carbocycles. The summed E-state index contributed by atoms with van der Waals surface area (Å²) in [6.45, 7) is 1.37. The zero-order chi connectivity index (χ0) is 12.0. The molecule has 0 aromatic heterocycles. The van der Waals surface area contributed by atoms with Crippen molar-refractivity contribution in [3.63, 3.8) is 0 Å². The molecule has 0 heterocycles. The molecule has 0 amide bonds. The quantitative estimate of drug-likeness (QED) is 0.429. The van der Waals surface area contributed by atoms with Gasteiger partial charge in [-0.15, -0.1) is 0 Å². The van der Waals surface area contributed by atoms with E-state index in [1.165, 1.54) is 18.2 Å². The average molecular weight is 221 g/mol. The molecule has 0 unspecified atom stereocenters. The van der Waals surface area contributed by atoms with Gasteiger partial charge in [-0.3, -0.25) is 10.1 Å². The standard InChI is InChI=1S/C10H12N4O2/c11-4-1-5-13-9-6-8(7-12)2-3-10(9)14(15)16/h2-3,6,13H,1,4-5,11H2/p+1. The molecule has 1 aromatic rings. The van der Waals surface area contributed by atoms with Gasteiger partial charge in [0.05, 0.1) is 23.1 Å². The fourth-order valence-corrected chi connectivity index (χ4v) is 1.25. The maximum absolute atomic E-state index is 10.7. The molecule has 0 fully saturated rings. The lowest BCUT2D eigenvalue weighted by Gasteiger charge is -2.05. The predicted octanol–water partition coefficient (Wildman–Crippen LogP) is 0.510. The number of rotatable bonds is 5. The van der Waals surface area contributed by atoms with Gasteiger partial charge >= 0.3 is 0 Å². The van der Waals surface area contributed by atoms with Crippen LogP contribution < -0.4 is 11.1 Å². The third kappa shape index (κ3) is 2.93. The van der Waals surface area contributed by atoms with Crippen molar-refractivity contribution in [2.45, 2.75) is 6.42 Å². The van der Waals surface area contributed by atoms with E-state index in [2.05, 4.69) is 11.1 Å².